The van der Waals surface area contributed by atoms with E-state index in [2.05, 4.69) is 25.7 Å². The molecule has 9 nitrogen and oxygen atoms in total. The first-order valence-corrected chi connectivity index (χ1v) is 13.1. The van der Waals surface area contributed by atoms with E-state index in [1.54, 1.807) is 54.6 Å². The number of carbonyl (C=O) groups excluding carboxylic acids is 1. The minimum Gasteiger partial charge on any atom is -0.358 e. The Kier molecular flexibility index (Phi) is 5.89. The third-order valence-corrected chi connectivity index (χ3v) is 7.25. The summed E-state index contributed by atoms with van der Waals surface area (Å²) < 4.78 is 25.1. The maximum atomic E-state index is 11.8. The first-order chi connectivity index (χ1) is 17.2. The van der Waals surface area contributed by atoms with Crippen LogP contribution in [0.4, 0.5) is 11.5 Å². The van der Waals surface area contributed by atoms with Gasteiger partial charge in [-0.3, -0.25) is 14.5 Å². The van der Waals surface area contributed by atoms with E-state index in [9.17, 15) is 13.2 Å². The van der Waals surface area contributed by atoms with Crippen LogP contribution < -0.4 is 10.6 Å². The highest BCUT2D eigenvalue weighted by molar-refractivity contribution is 7.90. The van der Waals surface area contributed by atoms with E-state index < -0.39 is 9.84 Å². The van der Waals surface area contributed by atoms with Gasteiger partial charge in [0, 0.05) is 53.1 Å². The average molecular weight is 501 g/mol. The van der Waals surface area contributed by atoms with Crippen molar-refractivity contribution in [2.45, 2.75) is 18.4 Å². The molecule has 0 atom stereocenters. The molecule has 0 fully saturated rings. The molecule has 0 aliphatic rings. The van der Waals surface area contributed by atoms with E-state index in [-0.39, 0.29) is 17.3 Å². The fraction of sp³-hybridized carbons (Fsp3) is 0.154. The molecule has 0 unspecified atom stereocenters. The number of pyridine rings is 2. The van der Waals surface area contributed by atoms with E-state index in [4.69, 9.17) is 0 Å². The number of anilines is 2. The molecule has 2 aromatic carbocycles. The molecule has 1 amide bonds. The summed E-state index contributed by atoms with van der Waals surface area (Å²) >= 11 is 0. The van der Waals surface area contributed by atoms with E-state index in [1.807, 2.05) is 31.2 Å². The normalized spacial score (nSPS) is 11.6. The Labute approximate surface area is 208 Å². The molecule has 3 heterocycles. The molecule has 10 heteroatoms. The smallest absolute Gasteiger partial charge is 0.241 e. The van der Waals surface area contributed by atoms with Crippen molar-refractivity contribution in [1.29, 1.82) is 0 Å². The molecule has 0 spiro atoms. The molecule has 2 N–H and O–H groups in total. The van der Waals surface area contributed by atoms with Gasteiger partial charge in [0.05, 0.1) is 22.3 Å². The third kappa shape index (κ3) is 4.38. The van der Waals surface area contributed by atoms with E-state index >= 15 is 0 Å². The number of carbonyl (C=O) groups is 1. The van der Waals surface area contributed by atoms with Crippen molar-refractivity contribution in [2.75, 3.05) is 18.6 Å². The largest absolute Gasteiger partial charge is 0.358 e. The summed E-state index contributed by atoms with van der Waals surface area (Å²) in [6.07, 6.45) is 6.50. The monoisotopic (exact) mass is 500 g/mol. The van der Waals surface area contributed by atoms with Gasteiger partial charge in [-0.1, -0.05) is 6.07 Å². The number of likely N-dealkylation sites (N-methyl/N-ethyl adjacent to an activating group) is 1. The maximum absolute atomic E-state index is 11.8. The number of aromatic nitrogens is 4. The second-order valence-electron chi connectivity index (χ2n) is 8.52. The average Bonchev–Trinajstić information content (AvgIpc) is 3.27. The first-order valence-electron chi connectivity index (χ1n) is 11.2. The van der Waals surface area contributed by atoms with Crippen molar-refractivity contribution < 1.29 is 13.2 Å². The number of sulfone groups is 1. The lowest BCUT2D eigenvalue weighted by atomic mass is 9.98. The molecule has 0 bridgehead atoms. The first kappa shape index (κ1) is 23.4. The van der Waals surface area contributed by atoms with Gasteiger partial charge in [-0.2, -0.15) is 5.10 Å². The zero-order valence-electron chi connectivity index (χ0n) is 20.0. The number of fused-ring (bicyclic) bond motifs is 2. The number of nitrogens with one attached hydrogen (secondary N) is 2. The molecule has 5 aromatic rings. The SMILES string of the molecule is CNC(=O)Cn1ncc2c(C)c(-c3nccc4cnc(Nc5ccc(S(C)(=O)=O)cc5)cc34)ccc21. The topological polar surface area (TPSA) is 119 Å². The predicted molar refractivity (Wildman–Crippen MR) is 140 cm³/mol. The van der Waals surface area contributed by atoms with Crippen molar-refractivity contribution in [3.63, 3.8) is 0 Å². The lowest BCUT2D eigenvalue weighted by Crippen LogP contribution is -2.23. The van der Waals surface area contributed by atoms with Crippen LogP contribution in [0.15, 0.2) is 72.0 Å². The van der Waals surface area contributed by atoms with Gasteiger partial charge >= 0.3 is 0 Å². The summed E-state index contributed by atoms with van der Waals surface area (Å²) in [7, 11) is -1.66. The molecule has 0 radical (unpaired) electrons. The van der Waals surface area contributed by atoms with E-state index in [1.165, 1.54) is 6.26 Å². The Morgan fingerprint density at radius 3 is 2.50 bits per heavy atom. The Morgan fingerprint density at radius 1 is 1.00 bits per heavy atom. The van der Waals surface area contributed by atoms with Crippen LogP contribution in [0.5, 0.6) is 0 Å². The quantitative estimate of drug-likeness (QED) is 0.363. The number of hydrogen-bond donors (Lipinski definition) is 2. The summed E-state index contributed by atoms with van der Waals surface area (Å²) in [6, 6.07) is 14.3. The fourth-order valence-electron chi connectivity index (χ4n) is 4.17. The van der Waals surface area contributed by atoms with Crippen LogP contribution >= 0.6 is 0 Å². The molecule has 0 aliphatic heterocycles. The van der Waals surface area contributed by atoms with Gasteiger partial charge in [0.2, 0.25) is 5.91 Å². The summed E-state index contributed by atoms with van der Waals surface area (Å²) in [5.41, 5.74) is 4.38. The molecular formula is C26H24N6O3S. The minimum absolute atomic E-state index is 0.115. The Morgan fingerprint density at radius 2 is 1.78 bits per heavy atom. The van der Waals surface area contributed by atoms with Crippen molar-refractivity contribution in [2.24, 2.45) is 0 Å². The lowest BCUT2D eigenvalue weighted by molar-refractivity contribution is -0.121. The third-order valence-electron chi connectivity index (χ3n) is 6.13. The molecule has 0 saturated heterocycles. The summed E-state index contributed by atoms with van der Waals surface area (Å²) in [5.74, 6) is 0.497. The number of aryl methyl sites for hydroxylation is 1. The zero-order valence-corrected chi connectivity index (χ0v) is 20.8. The maximum Gasteiger partial charge on any atom is 0.241 e. The van der Waals surface area contributed by atoms with Crippen LogP contribution in [0.2, 0.25) is 0 Å². The van der Waals surface area contributed by atoms with Gasteiger partial charge < -0.3 is 10.6 Å². The highest BCUT2D eigenvalue weighted by Crippen LogP contribution is 2.34. The van der Waals surface area contributed by atoms with Crippen molar-refractivity contribution >= 4 is 48.9 Å². The summed E-state index contributed by atoms with van der Waals surface area (Å²) in [6.45, 7) is 2.17. The van der Waals surface area contributed by atoms with E-state index in [0.29, 0.717) is 5.82 Å². The molecule has 0 aliphatic carbocycles. The molecule has 3 aromatic heterocycles. The van der Waals surface area contributed by atoms with Gasteiger partial charge in [-0.25, -0.2) is 13.4 Å². The standard InChI is InChI=1S/C26H24N6O3S/c1-16-20(8-9-23-22(16)14-30-32(23)15-25(33)27-2)26-21-12-24(29-13-17(21)10-11-28-26)31-18-4-6-19(7-5-18)36(3,34)35/h4-14H,15H2,1-3H3,(H,27,33)(H,29,31). The highest BCUT2D eigenvalue weighted by Gasteiger charge is 2.15. The second kappa shape index (κ2) is 9.04. The van der Waals surface area contributed by atoms with E-state index in [0.717, 1.165) is 44.2 Å². The molecule has 0 saturated carbocycles. The minimum atomic E-state index is -3.26. The zero-order chi connectivity index (χ0) is 25.4. The molecule has 36 heavy (non-hydrogen) atoms. The fourth-order valence-corrected chi connectivity index (χ4v) is 4.80. The number of nitrogens with zero attached hydrogens (tertiary/aromatic N) is 4. The summed E-state index contributed by atoms with van der Waals surface area (Å²) in [4.78, 5) is 21.3. The molecule has 182 valence electrons. The summed E-state index contributed by atoms with van der Waals surface area (Å²) in [5, 5.41) is 13.1. The van der Waals surface area contributed by atoms with Crippen LogP contribution in [0.3, 0.4) is 0 Å². The number of rotatable bonds is 6. The number of hydrogen-bond acceptors (Lipinski definition) is 7. The van der Waals surface area contributed by atoms with Gasteiger partial charge in [0.25, 0.3) is 0 Å². The van der Waals surface area contributed by atoms with Gasteiger partial charge in [-0.15, -0.1) is 0 Å². The van der Waals surface area contributed by atoms with Crippen LogP contribution in [0, 0.1) is 6.92 Å². The van der Waals surface area contributed by atoms with Crippen LogP contribution in [-0.4, -0.2) is 47.4 Å². The molecular weight excluding hydrogens is 476 g/mol. The van der Waals surface area contributed by atoms with Crippen molar-refractivity contribution in [3.8, 4) is 11.3 Å². The van der Waals surface area contributed by atoms with Crippen molar-refractivity contribution in [1.82, 2.24) is 25.1 Å². The predicted octanol–water partition coefficient (Wildman–Crippen LogP) is 3.85. The number of amides is 1. The van der Waals surface area contributed by atoms with Crippen LogP contribution in [0.25, 0.3) is 32.9 Å². The van der Waals surface area contributed by atoms with Crippen LogP contribution in [0.1, 0.15) is 5.56 Å². The van der Waals surface area contributed by atoms with Crippen LogP contribution in [-0.2, 0) is 21.2 Å². The lowest BCUT2D eigenvalue weighted by Gasteiger charge is -2.12. The van der Waals surface area contributed by atoms with Gasteiger partial charge in [0.15, 0.2) is 9.84 Å². The van der Waals surface area contributed by atoms with Gasteiger partial charge in [0.1, 0.15) is 12.4 Å². The highest BCUT2D eigenvalue weighted by atomic mass is 32.2. The Balaban J connectivity index is 1.54. The van der Waals surface area contributed by atoms with Crippen molar-refractivity contribution in [3.05, 3.63) is 72.7 Å². The van der Waals surface area contributed by atoms with Gasteiger partial charge in [-0.05, 0) is 55.0 Å². The number of benzene rings is 2. The second-order valence-corrected chi connectivity index (χ2v) is 10.5. The Bertz CT molecular complexity index is 1730. The Hall–Kier alpha value is -4.31. The molecule has 5 rings (SSSR count).